The van der Waals surface area contributed by atoms with Gasteiger partial charge in [0.1, 0.15) is 17.1 Å². The molecular formula is C16H12O4. The topological polar surface area (TPSA) is 48.7 Å². The SMILES string of the molecule is COc1ccc2cc(Oc3ccccc3)c(=O)oc2c1. The second kappa shape index (κ2) is 5.09. The van der Waals surface area contributed by atoms with Gasteiger partial charge < -0.3 is 13.9 Å². The Labute approximate surface area is 115 Å². The Kier molecular flexibility index (Phi) is 3.13. The van der Waals surface area contributed by atoms with Gasteiger partial charge in [0, 0.05) is 11.5 Å². The maximum Gasteiger partial charge on any atom is 0.379 e. The monoisotopic (exact) mass is 268 g/mol. The van der Waals surface area contributed by atoms with Gasteiger partial charge in [0.15, 0.2) is 0 Å². The first-order valence-corrected chi connectivity index (χ1v) is 6.11. The molecule has 1 aromatic heterocycles. The summed E-state index contributed by atoms with van der Waals surface area (Å²) >= 11 is 0. The van der Waals surface area contributed by atoms with Crippen LogP contribution < -0.4 is 15.1 Å². The van der Waals surface area contributed by atoms with Crippen LogP contribution in [-0.2, 0) is 0 Å². The molecule has 0 atom stereocenters. The number of ether oxygens (including phenoxy) is 2. The fraction of sp³-hybridized carbons (Fsp3) is 0.0625. The lowest BCUT2D eigenvalue weighted by molar-refractivity contribution is 0.412. The molecule has 0 saturated heterocycles. The highest BCUT2D eigenvalue weighted by Gasteiger charge is 2.08. The fourth-order valence-corrected chi connectivity index (χ4v) is 1.89. The zero-order valence-electron chi connectivity index (χ0n) is 10.8. The number of para-hydroxylation sites is 1. The maximum atomic E-state index is 11.9. The van der Waals surface area contributed by atoms with Crippen LogP contribution in [0.25, 0.3) is 11.0 Å². The molecular weight excluding hydrogens is 256 g/mol. The van der Waals surface area contributed by atoms with Gasteiger partial charge in [-0.05, 0) is 30.3 Å². The Bertz CT molecular complexity index is 790. The quantitative estimate of drug-likeness (QED) is 0.681. The molecule has 0 spiro atoms. The largest absolute Gasteiger partial charge is 0.497 e. The summed E-state index contributed by atoms with van der Waals surface area (Å²) in [4.78, 5) is 11.9. The zero-order valence-corrected chi connectivity index (χ0v) is 10.8. The van der Waals surface area contributed by atoms with Crippen LogP contribution in [0, 0.1) is 0 Å². The molecule has 0 bridgehead atoms. The van der Waals surface area contributed by atoms with Crippen molar-refractivity contribution in [1.29, 1.82) is 0 Å². The first kappa shape index (κ1) is 12.3. The molecule has 0 aliphatic carbocycles. The second-order valence-corrected chi connectivity index (χ2v) is 4.22. The average molecular weight is 268 g/mol. The Hall–Kier alpha value is -2.75. The molecule has 3 aromatic rings. The van der Waals surface area contributed by atoms with Crippen LogP contribution >= 0.6 is 0 Å². The van der Waals surface area contributed by atoms with Gasteiger partial charge >= 0.3 is 5.63 Å². The molecule has 0 saturated carbocycles. The van der Waals surface area contributed by atoms with Gasteiger partial charge in [-0.25, -0.2) is 4.79 Å². The van der Waals surface area contributed by atoms with Gasteiger partial charge in [-0.3, -0.25) is 0 Å². The summed E-state index contributed by atoms with van der Waals surface area (Å²) < 4.78 is 15.9. The van der Waals surface area contributed by atoms with Crippen LogP contribution in [-0.4, -0.2) is 7.11 Å². The highest BCUT2D eigenvalue weighted by Crippen LogP contribution is 2.24. The molecule has 0 N–H and O–H groups in total. The predicted octanol–water partition coefficient (Wildman–Crippen LogP) is 3.59. The molecule has 0 radical (unpaired) electrons. The van der Waals surface area contributed by atoms with E-state index in [1.54, 1.807) is 37.4 Å². The number of rotatable bonds is 3. The lowest BCUT2D eigenvalue weighted by atomic mass is 10.2. The van der Waals surface area contributed by atoms with Crippen molar-refractivity contribution in [2.45, 2.75) is 0 Å². The van der Waals surface area contributed by atoms with Gasteiger partial charge in [-0.2, -0.15) is 0 Å². The third-order valence-corrected chi connectivity index (χ3v) is 2.88. The minimum atomic E-state index is -0.519. The smallest absolute Gasteiger partial charge is 0.379 e. The number of methoxy groups -OCH3 is 1. The molecule has 4 heteroatoms. The first-order valence-electron chi connectivity index (χ1n) is 6.11. The van der Waals surface area contributed by atoms with Crippen LogP contribution in [0.3, 0.4) is 0 Å². The van der Waals surface area contributed by atoms with Crippen molar-refractivity contribution in [1.82, 2.24) is 0 Å². The molecule has 0 aliphatic heterocycles. The number of hydrogen-bond acceptors (Lipinski definition) is 4. The fourth-order valence-electron chi connectivity index (χ4n) is 1.89. The van der Waals surface area contributed by atoms with Crippen LogP contribution in [0.2, 0.25) is 0 Å². The van der Waals surface area contributed by atoms with Gasteiger partial charge in [0.05, 0.1) is 7.11 Å². The second-order valence-electron chi connectivity index (χ2n) is 4.22. The van der Waals surface area contributed by atoms with Crippen molar-refractivity contribution in [3.63, 3.8) is 0 Å². The first-order chi connectivity index (χ1) is 9.76. The molecule has 1 heterocycles. The van der Waals surface area contributed by atoms with Crippen molar-refractivity contribution in [3.05, 3.63) is 65.0 Å². The number of hydrogen-bond donors (Lipinski definition) is 0. The Morgan fingerprint density at radius 3 is 2.50 bits per heavy atom. The minimum absolute atomic E-state index is 0.161. The molecule has 0 fully saturated rings. The number of benzene rings is 2. The summed E-state index contributed by atoms with van der Waals surface area (Å²) in [7, 11) is 1.56. The molecule has 20 heavy (non-hydrogen) atoms. The van der Waals surface area contributed by atoms with Crippen molar-refractivity contribution in [2.75, 3.05) is 7.11 Å². The summed E-state index contributed by atoms with van der Waals surface area (Å²) in [6, 6.07) is 16.0. The van der Waals surface area contributed by atoms with E-state index in [-0.39, 0.29) is 5.75 Å². The third kappa shape index (κ3) is 2.36. The molecule has 0 amide bonds. The van der Waals surface area contributed by atoms with Crippen LogP contribution in [0.1, 0.15) is 0 Å². The molecule has 4 nitrogen and oxygen atoms in total. The standard InChI is InChI=1S/C16H12O4/c1-18-13-8-7-11-9-15(16(17)20-14(11)10-13)19-12-5-3-2-4-6-12/h2-10H,1H3. The average Bonchev–Trinajstić information content (AvgIpc) is 2.48. The summed E-state index contributed by atoms with van der Waals surface area (Å²) in [5.74, 6) is 1.39. The van der Waals surface area contributed by atoms with E-state index in [0.717, 1.165) is 5.39 Å². The van der Waals surface area contributed by atoms with Crippen molar-refractivity contribution < 1.29 is 13.9 Å². The van der Waals surface area contributed by atoms with E-state index in [0.29, 0.717) is 17.1 Å². The molecule has 2 aromatic carbocycles. The Balaban J connectivity index is 2.04. The molecule has 100 valence electrons. The highest BCUT2D eigenvalue weighted by atomic mass is 16.5. The third-order valence-electron chi connectivity index (χ3n) is 2.88. The summed E-state index contributed by atoms with van der Waals surface area (Å²) in [6.45, 7) is 0. The van der Waals surface area contributed by atoms with Crippen LogP contribution in [0.15, 0.2) is 63.8 Å². The van der Waals surface area contributed by atoms with Gasteiger partial charge in [0.2, 0.25) is 5.75 Å². The minimum Gasteiger partial charge on any atom is -0.497 e. The maximum absolute atomic E-state index is 11.9. The summed E-state index contributed by atoms with van der Waals surface area (Å²) in [5, 5.41) is 0.774. The molecule has 3 rings (SSSR count). The van der Waals surface area contributed by atoms with Crippen molar-refractivity contribution in [3.8, 4) is 17.2 Å². The summed E-state index contributed by atoms with van der Waals surface area (Å²) in [5.41, 5.74) is -0.0515. The lowest BCUT2D eigenvalue weighted by Crippen LogP contribution is -2.02. The Morgan fingerprint density at radius 2 is 1.75 bits per heavy atom. The van der Waals surface area contributed by atoms with E-state index in [2.05, 4.69) is 0 Å². The van der Waals surface area contributed by atoms with E-state index in [1.165, 1.54) is 0 Å². The van der Waals surface area contributed by atoms with Gasteiger partial charge in [-0.15, -0.1) is 0 Å². The normalized spacial score (nSPS) is 10.4. The summed E-state index contributed by atoms with van der Waals surface area (Å²) in [6.07, 6.45) is 0. The van der Waals surface area contributed by atoms with Crippen molar-refractivity contribution >= 4 is 11.0 Å². The van der Waals surface area contributed by atoms with E-state index >= 15 is 0 Å². The predicted molar refractivity (Wildman–Crippen MR) is 75.6 cm³/mol. The van der Waals surface area contributed by atoms with Gasteiger partial charge in [-0.1, -0.05) is 18.2 Å². The van der Waals surface area contributed by atoms with Gasteiger partial charge in [0.25, 0.3) is 0 Å². The van der Waals surface area contributed by atoms with Crippen LogP contribution in [0.4, 0.5) is 0 Å². The highest BCUT2D eigenvalue weighted by molar-refractivity contribution is 5.79. The Morgan fingerprint density at radius 1 is 0.950 bits per heavy atom. The van der Waals surface area contributed by atoms with Crippen molar-refractivity contribution in [2.24, 2.45) is 0 Å². The van der Waals surface area contributed by atoms with E-state index in [4.69, 9.17) is 13.9 Å². The zero-order chi connectivity index (χ0) is 13.9. The molecule has 0 aliphatic rings. The lowest BCUT2D eigenvalue weighted by Gasteiger charge is -2.06. The number of fused-ring (bicyclic) bond motifs is 1. The molecule has 0 unspecified atom stereocenters. The van der Waals surface area contributed by atoms with E-state index in [1.807, 2.05) is 24.3 Å². The van der Waals surface area contributed by atoms with E-state index in [9.17, 15) is 4.79 Å². The van der Waals surface area contributed by atoms with E-state index < -0.39 is 5.63 Å². The van der Waals surface area contributed by atoms with Crippen LogP contribution in [0.5, 0.6) is 17.2 Å².